The molecule has 2 aromatic rings. The summed E-state index contributed by atoms with van der Waals surface area (Å²) in [7, 11) is 1.60. The molecule has 0 aliphatic rings. The number of nitrogens with zero attached hydrogens (tertiary/aromatic N) is 3. The fourth-order valence-corrected chi connectivity index (χ4v) is 2.60. The Morgan fingerprint density at radius 1 is 1.29 bits per heavy atom. The predicted octanol–water partition coefficient (Wildman–Crippen LogP) is 3.93. The first-order valence-corrected chi connectivity index (χ1v) is 8.15. The van der Waals surface area contributed by atoms with Gasteiger partial charge in [0.05, 0.1) is 16.4 Å². The quantitative estimate of drug-likeness (QED) is 0.546. The highest BCUT2D eigenvalue weighted by molar-refractivity contribution is 14.1. The van der Waals surface area contributed by atoms with Crippen molar-refractivity contribution in [1.29, 1.82) is 0 Å². The zero-order valence-electron chi connectivity index (χ0n) is 12.2. The van der Waals surface area contributed by atoms with Crippen LogP contribution in [0.4, 0.5) is 0 Å². The Kier molecular flexibility index (Phi) is 5.75. The number of methoxy groups -OCH3 is 1. The zero-order chi connectivity index (χ0) is 15.4. The lowest BCUT2D eigenvalue weighted by atomic mass is 10.1. The summed E-state index contributed by atoms with van der Waals surface area (Å²) in [6.45, 7) is 4.33. The normalized spacial score (nSPS) is 11.0. The summed E-state index contributed by atoms with van der Waals surface area (Å²) in [4.78, 5) is 13.2. The number of aromatic nitrogens is 3. The second-order valence-corrected chi connectivity index (χ2v) is 6.61. The lowest BCUT2D eigenvalue weighted by molar-refractivity contribution is 0.397. The Hall–Kier alpha value is -0.950. The number of pyridine rings is 1. The van der Waals surface area contributed by atoms with Crippen molar-refractivity contribution in [2.45, 2.75) is 26.7 Å². The van der Waals surface area contributed by atoms with Gasteiger partial charge in [-0.2, -0.15) is 0 Å². The summed E-state index contributed by atoms with van der Waals surface area (Å²) < 4.78 is 6.00. The van der Waals surface area contributed by atoms with Crippen LogP contribution in [0.15, 0.2) is 18.3 Å². The topological polar surface area (TPSA) is 47.9 Å². The van der Waals surface area contributed by atoms with Crippen LogP contribution in [0.25, 0.3) is 0 Å². The summed E-state index contributed by atoms with van der Waals surface area (Å²) in [6, 6.07) is 3.79. The van der Waals surface area contributed by atoms with Crippen molar-refractivity contribution in [3.05, 3.63) is 44.1 Å². The van der Waals surface area contributed by atoms with Gasteiger partial charge in [-0.1, -0.05) is 31.5 Å². The molecule has 0 radical (unpaired) electrons. The number of halogens is 2. The van der Waals surface area contributed by atoms with Gasteiger partial charge in [0.15, 0.2) is 0 Å². The third-order valence-corrected chi connectivity index (χ3v) is 4.62. The Morgan fingerprint density at radius 3 is 2.62 bits per heavy atom. The average Bonchev–Trinajstić information content (AvgIpc) is 2.44. The molecule has 0 amide bonds. The Balaban J connectivity index is 2.24. The van der Waals surface area contributed by atoms with Crippen LogP contribution in [0, 0.1) is 9.49 Å². The van der Waals surface area contributed by atoms with Crippen LogP contribution in [0.1, 0.15) is 30.9 Å². The molecule has 0 bridgehead atoms. The fourth-order valence-electron chi connectivity index (χ4n) is 1.93. The van der Waals surface area contributed by atoms with Gasteiger partial charge in [-0.05, 0) is 40.5 Å². The largest absolute Gasteiger partial charge is 0.481 e. The average molecular weight is 418 g/mol. The zero-order valence-corrected chi connectivity index (χ0v) is 15.1. The molecule has 112 valence electrons. The van der Waals surface area contributed by atoms with Gasteiger partial charge >= 0.3 is 0 Å². The highest BCUT2D eigenvalue weighted by atomic mass is 127. The van der Waals surface area contributed by atoms with Crippen LogP contribution in [0.5, 0.6) is 5.88 Å². The van der Waals surface area contributed by atoms with Gasteiger partial charge in [-0.3, -0.25) is 0 Å². The number of hydrogen-bond acceptors (Lipinski definition) is 4. The minimum Gasteiger partial charge on any atom is -0.481 e. The summed E-state index contributed by atoms with van der Waals surface area (Å²) in [5.41, 5.74) is 2.05. The van der Waals surface area contributed by atoms with Crippen molar-refractivity contribution in [2.24, 2.45) is 5.92 Å². The molecule has 21 heavy (non-hydrogen) atoms. The van der Waals surface area contributed by atoms with E-state index in [1.54, 1.807) is 13.3 Å². The van der Waals surface area contributed by atoms with Crippen molar-refractivity contribution >= 4 is 34.2 Å². The molecule has 0 N–H and O–H groups in total. The van der Waals surface area contributed by atoms with E-state index in [9.17, 15) is 0 Å². The molecule has 4 nitrogen and oxygen atoms in total. The Morgan fingerprint density at radius 2 is 2.05 bits per heavy atom. The van der Waals surface area contributed by atoms with Gasteiger partial charge in [-0.25, -0.2) is 15.0 Å². The Labute approximate surface area is 143 Å². The first-order chi connectivity index (χ1) is 9.99. The summed E-state index contributed by atoms with van der Waals surface area (Å²) in [5.74, 6) is 1.85. The molecule has 2 aromatic heterocycles. The number of hydrogen-bond donors (Lipinski definition) is 0. The highest BCUT2D eigenvalue weighted by Crippen LogP contribution is 2.22. The molecule has 2 rings (SSSR count). The van der Waals surface area contributed by atoms with Crippen LogP contribution >= 0.6 is 34.2 Å². The monoisotopic (exact) mass is 417 g/mol. The summed E-state index contributed by atoms with van der Waals surface area (Å²) in [6.07, 6.45) is 3.28. The van der Waals surface area contributed by atoms with Crippen molar-refractivity contribution in [1.82, 2.24) is 15.0 Å². The lowest BCUT2D eigenvalue weighted by Crippen LogP contribution is -2.07. The summed E-state index contributed by atoms with van der Waals surface area (Å²) in [5, 5.41) is 0.526. The highest BCUT2D eigenvalue weighted by Gasteiger charge is 2.12. The Bertz CT molecular complexity index is 617. The molecule has 6 heteroatoms. The minimum atomic E-state index is 0.526. The van der Waals surface area contributed by atoms with E-state index in [2.05, 4.69) is 51.4 Å². The molecule has 0 fully saturated rings. The van der Waals surface area contributed by atoms with Crippen LogP contribution < -0.4 is 4.74 Å². The molecular weight excluding hydrogens is 401 g/mol. The van der Waals surface area contributed by atoms with Gasteiger partial charge in [0, 0.05) is 18.7 Å². The van der Waals surface area contributed by atoms with E-state index in [4.69, 9.17) is 16.3 Å². The van der Waals surface area contributed by atoms with E-state index in [1.807, 2.05) is 12.1 Å². The third-order valence-electron chi connectivity index (χ3n) is 2.90. The molecule has 0 atom stereocenters. The molecular formula is C15H17ClIN3O. The standard InChI is InChI=1S/C15H17ClIN3O/c1-9(2)6-11-14(17)15(16)20-12(19-11)7-10-4-5-13(21-3)18-8-10/h4-5,8-9H,6-7H2,1-3H3. The minimum absolute atomic E-state index is 0.526. The van der Waals surface area contributed by atoms with E-state index >= 15 is 0 Å². The molecule has 0 spiro atoms. The van der Waals surface area contributed by atoms with Crippen LogP contribution in [0.2, 0.25) is 5.15 Å². The van der Waals surface area contributed by atoms with E-state index < -0.39 is 0 Å². The predicted molar refractivity (Wildman–Crippen MR) is 91.9 cm³/mol. The maximum Gasteiger partial charge on any atom is 0.212 e. The van der Waals surface area contributed by atoms with Gasteiger partial charge < -0.3 is 4.74 Å². The van der Waals surface area contributed by atoms with E-state index in [-0.39, 0.29) is 0 Å². The second-order valence-electron chi connectivity index (χ2n) is 5.17. The molecule has 0 aliphatic heterocycles. The van der Waals surface area contributed by atoms with E-state index in [0.717, 1.165) is 27.1 Å². The smallest absolute Gasteiger partial charge is 0.212 e. The number of ether oxygens (including phenoxy) is 1. The van der Waals surface area contributed by atoms with Crippen molar-refractivity contribution in [3.8, 4) is 5.88 Å². The molecule has 0 aliphatic carbocycles. The van der Waals surface area contributed by atoms with Crippen LogP contribution in [-0.4, -0.2) is 22.1 Å². The lowest BCUT2D eigenvalue weighted by Gasteiger charge is -2.10. The SMILES string of the molecule is COc1ccc(Cc2nc(Cl)c(I)c(CC(C)C)n2)cn1. The van der Waals surface area contributed by atoms with Gasteiger partial charge in [-0.15, -0.1) is 0 Å². The van der Waals surface area contributed by atoms with Crippen molar-refractivity contribution in [3.63, 3.8) is 0 Å². The molecule has 0 saturated carbocycles. The van der Waals surface area contributed by atoms with Crippen molar-refractivity contribution < 1.29 is 4.74 Å². The molecule has 0 unspecified atom stereocenters. The van der Waals surface area contributed by atoms with Crippen LogP contribution in [-0.2, 0) is 12.8 Å². The maximum atomic E-state index is 6.22. The van der Waals surface area contributed by atoms with E-state index in [0.29, 0.717) is 23.4 Å². The van der Waals surface area contributed by atoms with Crippen LogP contribution in [0.3, 0.4) is 0 Å². The first kappa shape index (κ1) is 16.4. The molecule has 0 saturated heterocycles. The first-order valence-electron chi connectivity index (χ1n) is 6.69. The molecule has 2 heterocycles. The second kappa shape index (κ2) is 7.35. The fraction of sp³-hybridized carbons (Fsp3) is 0.400. The van der Waals surface area contributed by atoms with Gasteiger partial charge in [0.25, 0.3) is 0 Å². The third kappa shape index (κ3) is 4.51. The number of rotatable bonds is 5. The maximum absolute atomic E-state index is 6.22. The van der Waals surface area contributed by atoms with E-state index in [1.165, 1.54) is 0 Å². The van der Waals surface area contributed by atoms with Crippen molar-refractivity contribution in [2.75, 3.05) is 7.11 Å². The van der Waals surface area contributed by atoms with Gasteiger partial charge in [0.2, 0.25) is 5.88 Å². The summed E-state index contributed by atoms with van der Waals surface area (Å²) >= 11 is 8.43. The molecule has 0 aromatic carbocycles. The van der Waals surface area contributed by atoms with Gasteiger partial charge in [0.1, 0.15) is 11.0 Å².